The lowest BCUT2D eigenvalue weighted by molar-refractivity contribution is 0.204. The van der Waals surface area contributed by atoms with Gasteiger partial charge in [-0.1, -0.05) is 41.7 Å². The Kier molecular flexibility index (Phi) is 11.5. The number of aromatic hydroxyl groups is 3. The lowest BCUT2D eigenvalue weighted by Crippen LogP contribution is -2.37. The molecule has 9 heterocycles. The molecule has 12 rings (SSSR count). The first kappa shape index (κ1) is 42.1. The number of para-hydroxylation sites is 1. The van der Waals surface area contributed by atoms with Gasteiger partial charge in [0.1, 0.15) is 11.0 Å². The molecule has 0 aliphatic carbocycles. The Balaban J connectivity index is 0.000000116. The standard InChI is InChI=1S/C17H15N3O2.C16H17N5O2.C15H13N3O2S/c21-16-9-12-10-20(8-7-19(12)11-17(16)22)15-5-1-4-14-13(15)3-2-6-18-14;22-15-9-12-10-19(5-7-20(12)11-16(15)23)6-8-21-17-13-3-1-2-4-14(13)18-21;19-12-7-10-8-18(6-5-17(10)9-13(12)20)15-16-11-3-1-2-4-14(11)21-15/h1-6,9,11,22H,7-8,10H2;1-4,9,11,23H,5-8,10H2;1-4,7,9,20H,5-6,8H2. The highest BCUT2D eigenvalue weighted by molar-refractivity contribution is 7.22. The molecule has 66 heavy (non-hydrogen) atoms. The molecule has 9 aromatic rings. The summed E-state index contributed by atoms with van der Waals surface area (Å²) in [6, 6.07) is 30.5. The van der Waals surface area contributed by atoms with Gasteiger partial charge in [0.25, 0.3) is 0 Å². The Hall–Kier alpha value is -7.83. The zero-order valence-electron chi connectivity index (χ0n) is 35.7. The number of rotatable bonds is 5. The normalized spacial score (nSPS) is 14.5. The first-order valence-electron chi connectivity index (χ1n) is 21.6. The number of aromatic nitrogens is 8. The van der Waals surface area contributed by atoms with E-state index in [2.05, 4.69) is 53.1 Å². The van der Waals surface area contributed by atoms with E-state index in [0.717, 1.165) is 101 Å². The molecule has 0 fully saturated rings. The maximum absolute atomic E-state index is 11.7. The minimum absolute atomic E-state index is 0.186. The van der Waals surface area contributed by atoms with Crippen LogP contribution in [0.25, 0.3) is 32.2 Å². The molecule has 3 aliphatic heterocycles. The second kappa shape index (κ2) is 18.0. The van der Waals surface area contributed by atoms with Crippen LogP contribution in [-0.4, -0.2) is 85.1 Å². The number of pyridine rings is 4. The van der Waals surface area contributed by atoms with Crippen LogP contribution in [0.15, 0.2) is 136 Å². The Morgan fingerprint density at radius 2 is 1.08 bits per heavy atom. The first-order chi connectivity index (χ1) is 32.1. The van der Waals surface area contributed by atoms with Gasteiger partial charge in [0.15, 0.2) is 22.4 Å². The van der Waals surface area contributed by atoms with Crippen LogP contribution < -0.4 is 26.1 Å². The van der Waals surface area contributed by atoms with Gasteiger partial charge < -0.3 is 38.8 Å². The Bertz CT molecular complexity index is 3360. The Morgan fingerprint density at radius 3 is 1.71 bits per heavy atom. The van der Waals surface area contributed by atoms with Gasteiger partial charge in [-0.25, -0.2) is 4.98 Å². The molecule has 0 unspecified atom stereocenters. The minimum atomic E-state index is -0.326. The fourth-order valence-corrected chi connectivity index (χ4v) is 9.55. The highest BCUT2D eigenvalue weighted by Gasteiger charge is 2.22. The molecule has 334 valence electrons. The summed E-state index contributed by atoms with van der Waals surface area (Å²) in [7, 11) is 0. The molecule has 3 N–H and O–H groups in total. The van der Waals surface area contributed by atoms with Gasteiger partial charge in [-0.3, -0.25) is 24.3 Å². The van der Waals surface area contributed by atoms with E-state index in [-0.39, 0.29) is 33.5 Å². The molecule has 3 aromatic carbocycles. The first-order valence-corrected chi connectivity index (χ1v) is 22.4. The summed E-state index contributed by atoms with van der Waals surface area (Å²) in [5.41, 5.74) is 6.67. The number of hydrogen-bond donors (Lipinski definition) is 3. The fraction of sp³-hybridized carbons (Fsp3) is 0.229. The molecule has 18 heteroatoms. The van der Waals surface area contributed by atoms with Gasteiger partial charge in [-0.2, -0.15) is 15.0 Å². The second-order valence-electron chi connectivity index (χ2n) is 16.3. The molecule has 0 saturated heterocycles. The molecule has 3 aliphatic rings. The van der Waals surface area contributed by atoms with E-state index in [1.807, 2.05) is 74.4 Å². The van der Waals surface area contributed by atoms with E-state index in [0.29, 0.717) is 26.2 Å². The van der Waals surface area contributed by atoms with Crippen LogP contribution in [0.1, 0.15) is 17.1 Å². The van der Waals surface area contributed by atoms with Crippen molar-refractivity contribution in [2.24, 2.45) is 0 Å². The maximum atomic E-state index is 11.7. The summed E-state index contributed by atoms with van der Waals surface area (Å²) in [5.74, 6) is -0.562. The highest BCUT2D eigenvalue weighted by Crippen LogP contribution is 2.31. The van der Waals surface area contributed by atoms with Crippen molar-refractivity contribution in [1.29, 1.82) is 0 Å². The number of benzene rings is 3. The van der Waals surface area contributed by atoms with Crippen LogP contribution in [0.2, 0.25) is 0 Å². The van der Waals surface area contributed by atoms with Crippen LogP contribution in [0.5, 0.6) is 17.2 Å². The summed E-state index contributed by atoms with van der Waals surface area (Å²) in [6.45, 7) is 8.23. The maximum Gasteiger partial charge on any atom is 0.223 e. The smallest absolute Gasteiger partial charge is 0.223 e. The summed E-state index contributed by atoms with van der Waals surface area (Å²) in [4.78, 5) is 52.3. The second-order valence-corrected chi connectivity index (χ2v) is 17.3. The largest absolute Gasteiger partial charge is 0.503 e. The van der Waals surface area contributed by atoms with Crippen molar-refractivity contribution in [1.82, 2.24) is 43.6 Å². The van der Waals surface area contributed by atoms with Crippen molar-refractivity contribution in [2.45, 2.75) is 45.8 Å². The third kappa shape index (κ3) is 8.83. The van der Waals surface area contributed by atoms with Crippen molar-refractivity contribution in [3.63, 3.8) is 0 Å². The van der Waals surface area contributed by atoms with Crippen molar-refractivity contribution >= 4 is 54.3 Å². The minimum Gasteiger partial charge on any atom is -0.503 e. The quantitative estimate of drug-likeness (QED) is 0.206. The third-order valence-corrected chi connectivity index (χ3v) is 13.1. The predicted molar refractivity (Wildman–Crippen MR) is 253 cm³/mol. The highest BCUT2D eigenvalue weighted by atomic mass is 32.1. The molecule has 0 bridgehead atoms. The van der Waals surface area contributed by atoms with E-state index in [1.54, 1.807) is 22.3 Å². The van der Waals surface area contributed by atoms with Crippen molar-refractivity contribution < 1.29 is 15.3 Å². The van der Waals surface area contributed by atoms with Crippen LogP contribution >= 0.6 is 11.3 Å². The lowest BCUT2D eigenvalue weighted by atomic mass is 10.1. The number of anilines is 2. The molecular formula is C48H45N11O6S. The van der Waals surface area contributed by atoms with E-state index in [1.165, 1.54) is 41.5 Å². The molecular weight excluding hydrogens is 859 g/mol. The molecule has 0 amide bonds. The van der Waals surface area contributed by atoms with Crippen LogP contribution in [-0.2, 0) is 45.8 Å². The van der Waals surface area contributed by atoms with Crippen LogP contribution in [0.3, 0.4) is 0 Å². The van der Waals surface area contributed by atoms with Crippen molar-refractivity contribution in [2.75, 3.05) is 36.0 Å². The number of hydrogen-bond acceptors (Lipinski definition) is 14. The van der Waals surface area contributed by atoms with E-state index in [9.17, 15) is 29.7 Å². The summed E-state index contributed by atoms with van der Waals surface area (Å²) < 4.78 is 6.98. The van der Waals surface area contributed by atoms with Crippen molar-refractivity contribution in [3.8, 4) is 17.2 Å². The monoisotopic (exact) mass is 903 g/mol. The summed E-state index contributed by atoms with van der Waals surface area (Å²) >= 11 is 1.66. The topological polar surface area (TPSA) is 193 Å². The van der Waals surface area contributed by atoms with Crippen LogP contribution in [0, 0.1) is 0 Å². The molecule has 0 spiro atoms. The molecule has 6 aromatic heterocycles. The lowest BCUT2D eigenvalue weighted by Gasteiger charge is -2.32. The van der Waals surface area contributed by atoms with Gasteiger partial charge in [-0.15, -0.1) is 0 Å². The third-order valence-electron chi connectivity index (χ3n) is 12.0. The summed E-state index contributed by atoms with van der Waals surface area (Å²) in [6.07, 6.45) is 6.36. The van der Waals surface area contributed by atoms with Gasteiger partial charge in [-0.05, 0) is 48.5 Å². The molecule has 17 nitrogen and oxygen atoms in total. The molecule has 0 saturated carbocycles. The average Bonchev–Trinajstić information content (AvgIpc) is 3.97. The SMILES string of the molecule is O=c1cc2n(cc1O)CCN(CCn1nc3ccccc3n1)C2.O=c1cc2n(cc1O)CCN(c1cccc3ncccc13)C2.O=c1cc2n(cc1O)CCN(c1nc3ccccc3s1)C2. The Labute approximate surface area is 380 Å². The molecule has 0 atom stereocenters. The van der Waals surface area contributed by atoms with Gasteiger partial charge in [0.2, 0.25) is 16.3 Å². The zero-order valence-corrected chi connectivity index (χ0v) is 36.5. The summed E-state index contributed by atoms with van der Waals surface area (Å²) in [5, 5.41) is 39.5. The van der Waals surface area contributed by atoms with Crippen molar-refractivity contribution in [3.05, 3.63) is 170 Å². The van der Waals surface area contributed by atoms with Gasteiger partial charge in [0.05, 0.1) is 54.0 Å². The van der Waals surface area contributed by atoms with Gasteiger partial charge in [0, 0.05) is 105 Å². The van der Waals surface area contributed by atoms with E-state index in [4.69, 9.17) is 0 Å². The number of nitrogens with zero attached hydrogens (tertiary/aromatic N) is 11. The fourth-order valence-electron chi connectivity index (χ4n) is 8.56. The average molecular weight is 904 g/mol. The molecule has 0 radical (unpaired) electrons. The zero-order chi connectivity index (χ0) is 45.3. The van der Waals surface area contributed by atoms with E-state index < -0.39 is 0 Å². The van der Waals surface area contributed by atoms with E-state index >= 15 is 0 Å². The number of thiazole rings is 1. The predicted octanol–water partition coefficient (Wildman–Crippen LogP) is 5.12. The van der Waals surface area contributed by atoms with Crippen LogP contribution in [0.4, 0.5) is 10.8 Å². The number of fused-ring (bicyclic) bond motifs is 6. The van der Waals surface area contributed by atoms with Gasteiger partial charge >= 0.3 is 0 Å². The Morgan fingerprint density at radius 1 is 0.530 bits per heavy atom.